The number of carbonyl (C=O) groups excluding carboxylic acids is 1. The van der Waals surface area contributed by atoms with Crippen LogP contribution < -0.4 is 14.8 Å². The number of fused-ring (bicyclic) bond motifs is 1. The van der Waals surface area contributed by atoms with Gasteiger partial charge in [-0.2, -0.15) is 5.10 Å². The third-order valence-electron chi connectivity index (χ3n) is 6.88. The SMILES string of the molecule is COc1cc2nn([C@H]3CC[C@H](C4CC4)CC3)cc2cc1NC(=O)c1cccc(C)[n+]1O. The van der Waals surface area contributed by atoms with Gasteiger partial charge in [0.25, 0.3) is 0 Å². The van der Waals surface area contributed by atoms with Crippen molar-refractivity contribution in [2.75, 3.05) is 12.4 Å². The second kappa shape index (κ2) is 7.87. The fourth-order valence-corrected chi connectivity index (χ4v) is 4.90. The predicted octanol–water partition coefficient (Wildman–Crippen LogP) is 4.27. The van der Waals surface area contributed by atoms with E-state index in [1.165, 1.54) is 38.5 Å². The van der Waals surface area contributed by atoms with Crippen molar-refractivity contribution in [3.05, 3.63) is 47.9 Å². The van der Waals surface area contributed by atoms with Crippen LogP contribution in [0.3, 0.4) is 0 Å². The Balaban J connectivity index is 1.38. The fraction of sp³-hybridized carbons (Fsp3) is 0.458. The molecule has 3 aromatic rings. The van der Waals surface area contributed by atoms with Crippen LogP contribution in [0, 0.1) is 18.8 Å². The number of methoxy groups -OCH3 is 1. The highest BCUT2D eigenvalue weighted by Gasteiger charge is 2.34. The first-order valence-corrected chi connectivity index (χ1v) is 11.1. The number of benzene rings is 1. The number of hydrogen-bond acceptors (Lipinski definition) is 4. The number of carbonyl (C=O) groups is 1. The molecule has 2 heterocycles. The Bertz CT molecular complexity index is 1130. The maximum absolute atomic E-state index is 12.8. The van der Waals surface area contributed by atoms with Gasteiger partial charge in [0.2, 0.25) is 5.69 Å². The Kier molecular flexibility index (Phi) is 5.04. The van der Waals surface area contributed by atoms with E-state index in [1.807, 2.05) is 12.1 Å². The van der Waals surface area contributed by atoms with E-state index < -0.39 is 5.91 Å². The monoisotopic (exact) mass is 421 g/mol. The van der Waals surface area contributed by atoms with Crippen molar-refractivity contribution in [1.82, 2.24) is 9.78 Å². The van der Waals surface area contributed by atoms with Crippen LogP contribution in [-0.2, 0) is 0 Å². The van der Waals surface area contributed by atoms with E-state index in [0.717, 1.165) is 27.5 Å². The van der Waals surface area contributed by atoms with Gasteiger partial charge in [0.05, 0.1) is 24.4 Å². The lowest BCUT2D eigenvalue weighted by Gasteiger charge is -2.28. The van der Waals surface area contributed by atoms with Crippen LogP contribution in [-0.4, -0.2) is 28.0 Å². The Morgan fingerprint density at radius 1 is 1.16 bits per heavy atom. The maximum atomic E-state index is 12.8. The molecule has 2 fully saturated rings. The van der Waals surface area contributed by atoms with Crippen LogP contribution in [0.15, 0.2) is 36.5 Å². The minimum atomic E-state index is -0.408. The second-order valence-electron chi connectivity index (χ2n) is 8.94. The predicted molar refractivity (Wildman–Crippen MR) is 117 cm³/mol. The number of ether oxygens (including phenoxy) is 1. The summed E-state index contributed by atoms with van der Waals surface area (Å²) in [5, 5.41) is 18.8. The zero-order valence-corrected chi connectivity index (χ0v) is 18.0. The number of rotatable bonds is 5. The van der Waals surface area contributed by atoms with Gasteiger partial charge in [-0.1, -0.05) is 0 Å². The van der Waals surface area contributed by atoms with Gasteiger partial charge in [-0.15, -0.1) is 0 Å². The van der Waals surface area contributed by atoms with Gasteiger partial charge in [-0.25, -0.2) is 0 Å². The van der Waals surface area contributed by atoms with Crippen LogP contribution in [0.4, 0.5) is 5.69 Å². The summed E-state index contributed by atoms with van der Waals surface area (Å²) in [5.41, 5.74) is 2.14. The first kappa shape index (κ1) is 19.8. The molecule has 162 valence electrons. The van der Waals surface area contributed by atoms with E-state index in [4.69, 9.17) is 9.84 Å². The van der Waals surface area contributed by atoms with Gasteiger partial charge in [0.1, 0.15) is 5.75 Å². The largest absolute Gasteiger partial charge is 0.494 e. The zero-order valence-electron chi connectivity index (χ0n) is 18.0. The van der Waals surface area contributed by atoms with Gasteiger partial charge in [0, 0.05) is 41.4 Å². The Hall–Kier alpha value is -3.09. The number of nitrogens with zero attached hydrogens (tertiary/aromatic N) is 3. The standard InChI is InChI=1S/C24H28N4O3/c1-15-4-3-5-22(28(15)30)24(29)25-21-12-18-14-27(26-20(18)13-23(21)31-2)19-10-8-17(9-11-19)16-6-7-16/h3-5,12-14,16-17,19H,6-11H2,1-2H3,(H-,25,29,30)/p+1/t17-,19-. The van der Waals surface area contributed by atoms with Crippen molar-refractivity contribution in [3.63, 3.8) is 0 Å². The molecule has 0 atom stereocenters. The van der Waals surface area contributed by atoms with Crippen molar-refractivity contribution in [1.29, 1.82) is 0 Å². The van der Waals surface area contributed by atoms with Crippen LogP contribution in [0.2, 0.25) is 0 Å². The Morgan fingerprint density at radius 2 is 1.87 bits per heavy atom. The number of hydrogen-bond donors (Lipinski definition) is 2. The first-order chi connectivity index (χ1) is 15.0. The summed E-state index contributed by atoms with van der Waals surface area (Å²) in [7, 11) is 1.58. The molecule has 2 aliphatic rings. The normalized spacial score (nSPS) is 21.2. The molecule has 0 radical (unpaired) electrons. The molecule has 5 rings (SSSR count). The van der Waals surface area contributed by atoms with Crippen molar-refractivity contribution in [2.24, 2.45) is 11.8 Å². The lowest BCUT2D eigenvalue weighted by molar-refractivity contribution is -0.909. The summed E-state index contributed by atoms with van der Waals surface area (Å²) in [4.78, 5) is 12.8. The smallest absolute Gasteiger partial charge is 0.325 e. The Morgan fingerprint density at radius 3 is 2.55 bits per heavy atom. The second-order valence-corrected chi connectivity index (χ2v) is 8.94. The molecule has 0 bridgehead atoms. The summed E-state index contributed by atoms with van der Waals surface area (Å²) < 4.78 is 8.50. The topological polar surface area (TPSA) is 80.3 Å². The molecule has 1 amide bonds. The van der Waals surface area contributed by atoms with Gasteiger partial charge < -0.3 is 10.1 Å². The molecule has 0 aliphatic heterocycles. The number of amides is 1. The molecule has 2 aromatic heterocycles. The van der Waals surface area contributed by atoms with Crippen LogP contribution in [0.5, 0.6) is 5.75 Å². The molecule has 31 heavy (non-hydrogen) atoms. The van der Waals surface area contributed by atoms with E-state index in [0.29, 0.717) is 23.2 Å². The van der Waals surface area contributed by atoms with Gasteiger partial charge in [-0.05, 0) is 62.5 Å². The molecule has 2 aliphatic carbocycles. The highest BCUT2D eigenvalue weighted by Crippen LogP contribution is 2.46. The average molecular weight is 422 g/mol. The lowest BCUT2D eigenvalue weighted by Crippen LogP contribution is -2.42. The van der Waals surface area contributed by atoms with Crippen molar-refractivity contribution in [2.45, 2.75) is 51.5 Å². The summed E-state index contributed by atoms with van der Waals surface area (Å²) in [6, 6.07) is 9.23. The molecule has 7 nitrogen and oxygen atoms in total. The van der Waals surface area contributed by atoms with Crippen LogP contribution in [0.25, 0.3) is 10.9 Å². The van der Waals surface area contributed by atoms with Gasteiger partial charge in [0.15, 0.2) is 0 Å². The van der Waals surface area contributed by atoms with Gasteiger partial charge >= 0.3 is 11.6 Å². The number of anilines is 1. The molecule has 0 spiro atoms. The molecule has 2 N–H and O–H groups in total. The summed E-state index contributed by atoms with van der Waals surface area (Å²) in [5.74, 6) is 2.04. The number of aryl methyl sites for hydroxylation is 1. The molecule has 1 aromatic carbocycles. The van der Waals surface area contributed by atoms with Crippen LogP contribution >= 0.6 is 0 Å². The van der Waals surface area contributed by atoms with Crippen LogP contribution in [0.1, 0.15) is 60.7 Å². The quantitative estimate of drug-likeness (QED) is 0.476. The molecule has 0 saturated heterocycles. The molecule has 7 heteroatoms. The molecular weight excluding hydrogens is 392 g/mol. The van der Waals surface area contributed by atoms with Crippen molar-refractivity contribution < 1.29 is 19.5 Å². The number of aromatic nitrogens is 3. The minimum absolute atomic E-state index is 0.158. The van der Waals surface area contributed by atoms with E-state index in [2.05, 4.69) is 16.2 Å². The first-order valence-electron chi connectivity index (χ1n) is 11.1. The van der Waals surface area contributed by atoms with E-state index in [-0.39, 0.29) is 5.69 Å². The minimum Gasteiger partial charge on any atom is -0.494 e. The lowest BCUT2D eigenvalue weighted by atomic mass is 9.83. The van der Waals surface area contributed by atoms with E-state index >= 15 is 0 Å². The van der Waals surface area contributed by atoms with E-state index in [9.17, 15) is 10.0 Å². The summed E-state index contributed by atoms with van der Waals surface area (Å²) in [6.45, 7) is 1.73. The molecular formula is C24H29N4O3+. The molecule has 2 saturated carbocycles. The number of nitrogens with one attached hydrogen (secondary N) is 1. The van der Waals surface area contributed by atoms with Crippen molar-refractivity contribution >= 4 is 22.5 Å². The highest BCUT2D eigenvalue weighted by molar-refractivity contribution is 6.04. The van der Waals surface area contributed by atoms with E-state index in [1.54, 1.807) is 32.2 Å². The summed E-state index contributed by atoms with van der Waals surface area (Å²) in [6.07, 6.45) is 9.88. The summed E-state index contributed by atoms with van der Waals surface area (Å²) >= 11 is 0. The third kappa shape index (κ3) is 3.84. The van der Waals surface area contributed by atoms with Crippen molar-refractivity contribution in [3.8, 4) is 5.75 Å². The number of pyridine rings is 1. The highest BCUT2D eigenvalue weighted by atomic mass is 16.5. The fourth-order valence-electron chi connectivity index (χ4n) is 4.90. The maximum Gasteiger partial charge on any atom is 0.325 e. The zero-order chi connectivity index (χ0) is 21.5. The molecule has 0 unspecified atom stereocenters. The van der Waals surface area contributed by atoms with Gasteiger partial charge in [-0.3, -0.25) is 14.7 Å². The average Bonchev–Trinajstić information content (AvgIpc) is 3.55. The Labute approximate surface area is 181 Å². The third-order valence-corrected chi connectivity index (χ3v) is 6.88.